The summed E-state index contributed by atoms with van der Waals surface area (Å²) in [5, 5.41) is 5.43. The Kier molecular flexibility index (Phi) is 7.74. The van der Waals surface area contributed by atoms with Gasteiger partial charge in [-0.25, -0.2) is 0 Å². The first-order valence-corrected chi connectivity index (χ1v) is 5.55. The topological polar surface area (TPSA) is 84.2 Å². The Bertz CT molecular complexity index is 393. The van der Waals surface area contributed by atoms with Gasteiger partial charge in [0.15, 0.2) is 0 Å². The highest BCUT2D eigenvalue weighted by Crippen LogP contribution is 2.13. The minimum atomic E-state index is -0.113. The summed E-state index contributed by atoms with van der Waals surface area (Å²) in [5.74, 6) is -0.150. The zero-order valence-corrected chi connectivity index (χ0v) is 11.0. The molecule has 0 radical (unpaired) electrons. The van der Waals surface area contributed by atoms with Crippen molar-refractivity contribution in [3.05, 3.63) is 24.3 Å². The molecule has 0 bridgehead atoms. The largest absolute Gasteiger partial charge is 0.330 e. The molecule has 100 valence electrons. The maximum absolute atomic E-state index is 11.3. The first kappa shape index (κ1) is 16.4. The molecule has 0 heterocycles. The quantitative estimate of drug-likeness (QED) is 0.763. The Hall–Kier alpha value is -1.59. The van der Waals surface area contributed by atoms with E-state index in [0.717, 1.165) is 0 Å². The third-order valence-corrected chi connectivity index (χ3v) is 2.14. The molecule has 1 aromatic carbocycles. The molecule has 2 amide bonds. The number of carbonyl (C=O) groups excluding carboxylic acids is 2. The lowest BCUT2D eigenvalue weighted by atomic mass is 10.2. The van der Waals surface area contributed by atoms with Crippen LogP contribution in [0.2, 0.25) is 0 Å². The Balaban J connectivity index is 0.00000289. The van der Waals surface area contributed by atoms with Crippen molar-refractivity contribution in [3.63, 3.8) is 0 Å². The van der Waals surface area contributed by atoms with Crippen LogP contribution in [0.3, 0.4) is 0 Å². The predicted molar refractivity (Wildman–Crippen MR) is 74.9 cm³/mol. The number of nitrogens with one attached hydrogen (secondary N) is 2. The first-order chi connectivity index (χ1) is 8.15. The van der Waals surface area contributed by atoms with Crippen LogP contribution in [-0.2, 0) is 9.59 Å². The summed E-state index contributed by atoms with van der Waals surface area (Å²) in [4.78, 5) is 22.4. The number of halogens is 1. The number of hydrogen-bond donors (Lipinski definition) is 3. The van der Waals surface area contributed by atoms with Gasteiger partial charge < -0.3 is 16.4 Å². The molecule has 18 heavy (non-hydrogen) atoms. The Morgan fingerprint density at radius 1 is 1.06 bits per heavy atom. The minimum absolute atomic E-state index is 0. The van der Waals surface area contributed by atoms with Crippen LogP contribution in [-0.4, -0.2) is 18.4 Å². The van der Waals surface area contributed by atoms with Crippen LogP contribution in [0.15, 0.2) is 24.3 Å². The molecule has 0 aliphatic heterocycles. The van der Waals surface area contributed by atoms with Gasteiger partial charge in [-0.2, -0.15) is 0 Å². The maximum Gasteiger partial charge on any atom is 0.225 e. The smallest absolute Gasteiger partial charge is 0.225 e. The number of nitrogens with two attached hydrogens (primary N) is 1. The summed E-state index contributed by atoms with van der Waals surface area (Å²) in [6.07, 6.45) is 0.739. The molecule has 0 unspecified atom stereocenters. The van der Waals surface area contributed by atoms with Crippen molar-refractivity contribution < 1.29 is 9.59 Å². The number of benzene rings is 1. The number of anilines is 2. The second-order valence-corrected chi connectivity index (χ2v) is 3.57. The van der Waals surface area contributed by atoms with E-state index in [4.69, 9.17) is 5.73 Å². The zero-order valence-electron chi connectivity index (χ0n) is 10.2. The average molecular weight is 272 g/mol. The third-order valence-electron chi connectivity index (χ3n) is 2.14. The van der Waals surface area contributed by atoms with E-state index < -0.39 is 0 Å². The van der Waals surface area contributed by atoms with Crippen molar-refractivity contribution in [1.29, 1.82) is 0 Å². The maximum atomic E-state index is 11.3. The fourth-order valence-corrected chi connectivity index (χ4v) is 1.24. The van der Waals surface area contributed by atoms with Crippen molar-refractivity contribution in [1.82, 2.24) is 0 Å². The van der Waals surface area contributed by atoms with Crippen molar-refractivity contribution in [2.75, 3.05) is 17.2 Å². The van der Waals surface area contributed by atoms with Crippen LogP contribution < -0.4 is 16.4 Å². The molecule has 0 aliphatic rings. The molecule has 0 saturated carbocycles. The van der Waals surface area contributed by atoms with Gasteiger partial charge in [0, 0.05) is 30.8 Å². The van der Waals surface area contributed by atoms with Crippen molar-refractivity contribution in [3.8, 4) is 0 Å². The predicted octanol–water partition coefficient (Wildman–Crippen LogP) is 1.74. The van der Waals surface area contributed by atoms with E-state index >= 15 is 0 Å². The number of rotatable bonds is 5. The Morgan fingerprint density at radius 3 is 1.89 bits per heavy atom. The molecule has 0 aromatic heterocycles. The summed E-state index contributed by atoms with van der Waals surface area (Å²) < 4.78 is 0. The summed E-state index contributed by atoms with van der Waals surface area (Å²) in [6.45, 7) is 2.12. The first-order valence-electron chi connectivity index (χ1n) is 5.55. The van der Waals surface area contributed by atoms with Crippen LogP contribution >= 0.6 is 12.4 Å². The number of carbonyl (C=O) groups is 2. The van der Waals surface area contributed by atoms with Gasteiger partial charge in [0.2, 0.25) is 11.8 Å². The SMILES string of the molecule is CCC(=O)Nc1ccc(NC(=O)CCN)cc1.Cl. The number of hydrogen-bond acceptors (Lipinski definition) is 3. The van der Waals surface area contributed by atoms with Gasteiger partial charge in [0.1, 0.15) is 0 Å². The Labute approximate surface area is 113 Å². The molecule has 5 nitrogen and oxygen atoms in total. The van der Waals surface area contributed by atoms with Crippen LogP contribution in [0, 0.1) is 0 Å². The highest BCUT2D eigenvalue weighted by Gasteiger charge is 2.02. The second-order valence-electron chi connectivity index (χ2n) is 3.57. The highest BCUT2D eigenvalue weighted by atomic mass is 35.5. The molecular weight excluding hydrogens is 254 g/mol. The number of amides is 2. The lowest BCUT2D eigenvalue weighted by Crippen LogP contribution is -2.16. The molecule has 0 atom stereocenters. The minimum Gasteiger partial charge on any atom is -0.330 e. The third kappa shape index (κ3) is 5.65. The van der Waals surface area contributed by atoms with E-state index in [1.807, 2.05) is 0 Å². The molecule has 0 aliphatic carbocycles. The standard InChI is InChI=1S/C12H17N3O2.ClH/c1-2-11(16)14-9-3-5-10(6-4-9)15-12(17)7-8-13;/h3-6H,2,7-8,13H2,1H3,(H,14,16)(H,15,17);1H. The van der Waals surface area contributed by atoms with Gasteiger partial charge in [0.05, 0.1) is 0 Å². The van der Waals surface area contributed by atoms with Crippen LogP contribution in [0.4, 0.5) is 11.4 Å². The average Bonchev–Trinajstić information content (AvgIpc) is 2.32. The van der Waals surface area contributed by atoms with Gasteiger partial charge in [-0.3, -0.25) is 9.59 Å². The second kappa shape index (κ2) is 8.49. The van der Waals surface area contributed by atoms with Crippen molar-refractivity contribution in [2.24, 2.45) is 5.73 Å². The van der Waals surface area contributed by atoms with Crippen LogP contribution in [0.25, 0.3) is 0 Å². The van der Waals surface area contributed by atoms with Crippen molar-refractivity contribution in [2.45, 2.75) is 19.8 Å². The van der Waals surface area contributed by atoms with Gasteiger partial charge in [-0.1, -0.05) is 6.92 Å². The van der Waals surface area contributed by atoms with Crippen LogP contribution in [0.1, 0.15) is 19.8 Å². The van der Waals surface area contributed by atoms with Crippen molar-refractivity contribution >= 4 is 35.6 Å². The summed E-state index contributed by atoms with van der Waals surface area (Å²) in [5.41, 5.74) is 6.68. The van der Waals surface area contributed by atoms with Gasteiger partial charge in [-0.05, 0) is 24.3 Å². The molecule has 1 aromatic rings. The molecular formula is C12H18ClN3O2. The van der Waals surface area contributed by atoms with Gasteiger partial charge in [0.25, 0.3) is 0 Å². The van der Waals surface area contributed by atoms with E-state index in [-0.39, 0.29) is 24.2 Å². The van der Waals surface area contributed by atoms with Crippen LogP contribution in [0.5, 0.6) is 0 Å². The lowest BCUT2D eigenvalue weighted by molar-refractivity contribution is -0.116. The summed E-state index contributed by atoms with van der Waals surface area (Å²) in [7, 11) is 0. The van der Waals surface area contributed by atoms with Gasteiger partial charge in [-0.15, -0.1) is 12.4 Å². The van der Waals surface area contributed by atoms with E-state index in [9.17, 15) is 9.59 Å². The highest BCUT2D eigenvalue weighted by molar-refractivity contribution is 5.92. The Morgan fingerprint density at radius 2 is 1.50 bits per heavy atom. The molecule has 0 saturated heterocycles. The van der Waals surface area contributed by atoms with E-state index in [0.29, 0.717) is 30.8 Å². The molecule has 1 rings (SSSR count). The zero-order chi connectivity index (χ0) is 12.7. The fraction of sp³-hybridized carbons (Fsp3) is 0.333. The summed E-state index contributed by atoms with van der Waals surface area (Å²) in [6, 6.07) is 6.95. The lowest BCUT2D eigenvalue weighted by Gasteiger charge is -2.06. The molecule has 0 spiro atoms. The van der Waals surface area contributed by atoms with Gasteiger partial charge >= 0.3 is 0 Å². The monoisotopic (exact) mass is 271 g/mol. The molecule has 6 heteroatoms. The van der Waals surface area contributed by atoms with E-state index in [2.05, 4.69) is 10.6 Å². The normalized spacial score (nSPS) is 9.22. The fourth-order valence-electron chi connectivity index (χ4n) is 1.24. The molecule has 0 fully saturated rings. The van der Waals surface area contributed by atoms with E-state index in [1.54, 1.807) is 31.2 Å². The molecule has 4 N–H and O–H groups in total. The van der Waals surface area contributed by atoms with E-state index in [1.165, 1.54) is 0 Å². The summed E-state index contributed by atoms with van der Waals surface area (Å²) >= 11 is 0.